The van der Waals surface area contributed by atoms with Gasteiger partial charge in [-0.15, -0.1) is 11.6 Å². The van der Waals surface area contributed by atoms with Crippen LogP contribution in [0, 0.1) is 0 Å². The molecule has 0 heterocycles. The molecule has 1 aromatic rings. The fourth-order valence-corrected chi connectivity index (χ4v) is 2.43. The normalized spacial score (nSPS) is 19.6. The number of hydrogen-bond donors (Lipinski definition) is 0. The Morgan fingerprint density at radius 3 is 3.00 bits per heavy atom. The van der Waals surface area contributed by atoms with Gasteiger partial charge in [-0.25, -0.2) is 0 Å². The molecule has 0 saturated heterocycles. The van der Waals surface area contributed by atoms with E-state index in [-0.39, 0.29) is 0 Å². The Morgan fingerprint density at radius 1 is 1.47 bits per heavy atom. The van der Waals surface area contributed by atoms with Gasteiger partial charge in [-0.1, -0.05) is 35.9 Å². The van der Waals surface area contributed by atoms with Crippen molar-refractivity contribution in [3.05, 3.63) is 47.0 Å². The van der Waals surface area contributed by atoms with Crippen LogP contribution in [0.5, 0.6) is 0 Å². The van der Waals surface area contributed by atoms with Gasteiger partial charge in [0, 0.05) is 5.88 Å². The van der Waals surface area contributed by atoms with Gasteiger partial charge in [0.05, 0.1) is 0 Å². The molecule has 1 aromatic carbocycles. The second-order valence-corrected chi connectivity index (χ2v) is 4.71. The van der Waals surface area contributed by atoms with Crippen LogP contribution in [0.4, 0.5) is 0 Å². The SMILES string of the molecule is CC(=CCCCl)CC1Cc2ccccc21. The zero-order chi connectivity index (χ0) is 10.7. The van der Waals surface area contributed by atoms with Crippen molar-refractivity contribution in [2.75, 3.05) is 5.88 Å². The molecule has 0 aliphatic heterocycles. The molecule has 80 valence electrons. The van der Waals surface area contributed by atoms with Crippen LogP contribution in [0.1, 0.15) is 36.8 Å². The van der Waals surface area contributed by atoms with Gasteiger partial charge in [0.25, 0.3) is 0 Å². The molecular weight excluding hydrogens is 204 g/mol. The molecule has 0 N–H and O–H groups in total. The summed E-state index contributed by atoms with van der Waals surface area (Å²) in [5, 5.41) is 0. The van der Waals surface area contributed by atoms with Crippen molar-refractivity contribution < 1.29 is 0 Å². The van der Waals surface area contributed by atoms with E-state index in [0.717, 1.165) is 18.2 Å². The first-order valence-electron chi connectivity index (χ1n) is 5.60. The van der Waals surface area contributed by atoms with E-state index in [4.69, 9.17) is 11.6 Å². The Hall–Kier alpha value is -0.750. The third-order valence-electron chi connectivity index (χ3n) is 3.13. The Bertz CT molecular complexity index is 365. The smallest absolute Gasteiger partial charge is 0.0258 e. The van der Waals surface area contributed by atoms with Crippen molar-refractivity contribution in [1.29, 1.82) is 0 Å². The number of allylic oxidation sites excluding steroid dienone is 2. The second-order valence-electron chi connectivity index (χ2n) is 4.33. The summed E-state index contributed by atoms with van der Waals surface area (Å²) < 4.78 is 0. The molecule has 1 aliphatic carbocycles. The highest BCUT2D eigenvalue weighted by Crippen LogP contribution is 2.38. The molecule has 1 unspecified atom stereocenters. The highest BCUT2D eigenvalue weighted by Gasteiger charge is 2.24. The standard InChI is InChI=1S/C14H17Cl/c1-11(5-4-8-15)9-13-10-12-6-2-3-7-14(12)13/h2-3,5-7,13H,4,8-10H2,1H3. The molecule has 15 heavy (non-hydrogen) atoms. The molecule has 2 rings (SSSR count). The monoisotopic (exact) mass is 220 g/mol. The molecule has 0 radical (unpaired) electrons. The molecule has 0 fully saturated rings. The third kappa shape index (κ3) is 2.43. The molecule has 1 heteroatoms. The molecular formula is C14H17Cl. The second kappa shape index (κ2) is 4.85. The van der Waals surface area contributed by atoms with Gasteiger partial charge in [-0.3, -0.25) is 0 Å². The quantitative estimate of drug-likeness (QED) is 0.525. The van der Waals surface area contributed by atoms with Crippen LogP contribution in [-0.4, -0.2) is 5.88 Å². The summed E-state index contributed by atoms with van der Waals surface area (Å²) in [6, 6.07) is 8.77. The summed E-state index contributed by atoms with van der Waals surface area (Å²) in [4.78, 5) is 0. The number of alkyl halides is 1. The Balaban J connectivity index is 1.94. The van der Waals surface area contributed by atoms with E-state index >= 15 is 0 Å². The van der Waals surface area contributed by atoms with Gasteiger partial charge < -0.3 is 0 Å². The Kier molecular flexibility index (Phi) is 3.48. The van der Waals surface area contributed by atoms with Gasteiger partial charge >= 0.3 is 0 Å². The largest absolute Gasteiger partial charge is 0.126 e. The lowest BCUT2D eigenvalue weighted by molar-refractivity contribution is 0.600. The molecule has 0 bridgehead atoms. The minimum atomic E-state index is 0.735. The fraction of sp³-hybridized carbons (Fsp3) is 0.429. The van der Waals surface area contributed by atoms with Crippen LogP contribution < -0.4 is 0 Å². The lowest BCUT2D eigenvalue weighted by atomic mass is 9.74. The highest BCUT2D eigenvalue weighted by molar-refractivity contribution is 6.17. The van der Waals surface area contributed by atoms with Crippen LogP contribution in [0.15, 0.2) is 35.9 Å². The molecule has 0 spiro atoms. The number of hydrogen-bond acceptors (Lipinski definition) is 0. The minimum Gasteiger partial charge on any atom is -0.126 e. The van der Waals surface area contributed by atoms with Crippen molar-refractivity contribution in [2.45, 2.75) is 32.1 Å². The third-order valence-corrected chi connectivity index (χ3v) is 3.35. The molecule has 0 nitrogen and oxygen atoms in total. The van der Waals surface area contributed by atoms with Gasteiger partial charge in [0.15, 0.2) is 0 Å². The maximum Gasteiger partial charge on any atom is 0.0258 e. The van der Waals surface area contributed by atoms with Gasteiger partial charge in [-0.05, 0) is 43.2 Å². The number of rotatable bonds is 4. The first-order chi connectivity index (χ1) is 7.31. The minimum absolute atomic E-state index is 0.735. The van der Waals surface area contributed by atoms with Crippen LogP contribution in [0.2, 0.25) is 0 Å². The van der Waals surface area contributed by atoms with E-state index in [1.165, 1.54) is 24.0 Å². The van der Waals surface area contributed by atoms with Crippen LogP contribution >= 0.6 is 11.6 Å². The molecule has 0 amide bonds. The molecule has 1 atom stereocenters. The number of halogens is 1. The molecule has 0 aromatic heterocycles. The summed E-state index contributed by atoms with van der Waals surface area (Å²) in [7, 11) is 0. The van der Waals surface area contributed by atoms with Gasteiger partial charge in [0.2, 0.25) is 0 Å². The predicted molar refractivity (Wildman–Crippen MR) is 66.6 cm³/mol. The van der Waals surface area contributed by atoms with Crippen molar-refractivity contribution in [1.82, 2.24) is 0 Å². The molecule has 0 saturated carbocycles. The fourth-order valence-electron chi connectivity index (χ4n) is 2.32. The Labute approximate surface area is 97.0 Å². The van der Waals surface area contributed by atoms with E-state index < -0.39 is 0 Å². The van der Waals surface area contributed by atoms with Crippen LogP contribution in [0.3, 0.4) is 0 Å². The van der Waals surface area contributed by atoms with Crippen molar-refractivity contribution in [3.8, 4) is 0 Å². The predicted octanol–water partition coefficient (Wildman–Crippen LogP) is 4.29. The van der Waals surface area contributed by atoms with E-state index in [9.17, 15) is 0 Å². The van der Waals surface area contributed by atoms with Crippen LogP contribution in [0.25, 0.3) is 0 Å². The summed E-state index contributed by atoms with van der Waals surface area (Å²) in [6.45, 7) is 2.22. The first kappa shape index (κ1) is 10.8. The number of benzene rings is 1. The lowest BCUT2D eigenvalue weighted by Gasteiger charge is -2.30. The van der Waals surface area contributed by atoms with E-state index in [0.29, 0.717) is 0 Å². The van der Waals surface area contributed by atoms with Crippen LogP contribution in [-0.2, 0) is 6.42 Å². The van der Waals surface area contributed by atoms with Crippen molar-refractivity contribution in [3.63, 3.8) is 0 Å². The summed E-state index contributed by atoms with van der Waals surface area (Å²) in [6.07, 6.45) is 5.73. The van der Waals surface area contributed by atoms with E-state index in [1.807, 2.05) is 0 Å². The average Bonchev–Trinajstić information content (AvgIpc) is 2.23. The maximum atomic E-state index is 5.67. The topological polar surface area (TPSA) is 0 Å². The summed E-state index contributed by atoms with van der Waals surface area (Å²) >= 11 is 5.67. The average molecular weight is 221 g/mol. The van der Waals surface area contributed by atoms with Crippen molar-refractivity contribution >= 4 is 11.6 Å². The highest BCUT2D eigenvalue weighted by atomic mass is 35.5. The zero-order valence-corrected chi connectivity index (χ0v) is 9.93. The number of fused-ring (bicyclic) bond motifs is 1. The van der Waals surface area contributed by atoms with E-state index in [2.05, 4.69) is 37.3 Å². The van der Waals surface area contributed by atoms with Crippen molar-refractivity contribution in [2.24, 2.45) is 0 Å². The summed E-state index contributed by atoms with van der Waals surface area (Å²) in [5.41, 5.74) is 4.57. The summed E-state index contributed by atoms with van der Waals surface area (Å²) in [5.74, 6) is 1.49. The Morgan fingerprint density at radius 2 is 2.27 bits per heavy atom. The lowest BCUT2D eigenvalue weighted by Crippen LogP contribution is -2.16. The molecule has 1 aliphatic rings. The first-order valence-corrected chi connectivity index (χ1v) is 6.14. The van der Waals surface area contributed by atoms with E-state index in [1.54, 1.807) is 5.56 Å². The zero-order valence-electron chi connectivity index (χ0n) is 9.17. The van der Waals surface area contributed by atoms with Gasteiger partial charge in [-0.2, -0.15) is 0 Å². The maximum absolute atomic E-state index is 5.67. The van der Waals surface area contributed by atoms with Gasteiger partial charge in [0.1, 0.15) is 0 Å².